The first kappa shape index (κ1) is 24.6. The molecular formula is C25H27ClN2O4S. The molecule has 0 spiro atoms. The zero-order valence-corrected chi connectivity index (χ0v) is 20.2. The molecule has 0 heterocycles. The molecule has 0 bridgehead atoms. The molecule has 0 saturated heterocycles. The number of rotatable bonds is 10. The molecule has 0 aliphatic heterocycles. The summed E-state index contributed by atoms with van der Waals surface area (Å²) in [4.78, 5) is 12.8. The van der Waals surface area contributed by atoms with E-state index in [1.165, 1.54) is 36.4 Å². The fraction of sp³-hybridized carbons (Fsp3) is 0.240. The highest BCUT2D eigenvalue weighted by atomic mass is 35.5. The van der Waals surface area contributed by atoms with Gasteiger partial charge in [0.1, 0.15) is 12.3 Å². The highest BCUT2D eigenvalue weighted by molar-refractivity contribution is 7.92. The second-order valence-electron chi connectivity index (χ2n) is 7.58. The van der Waals surface area contributed by atoms with Gasteiger partial charge in [0, 0.05) is 11.6 Å². The van der Waals surface area contributed by atoms with E-state index in [2.05, 4.69) is 17.4 Å². The van der Waals surface area contributed by atoms with Crippen LogP contribution in [0.4, 0.5) is 5.69 Å². The zero-order valence-electron chi connectivity index (χ0n) is 18.6. The molecule has 0 saturated carbocycles. The van der Waals surface area contributed by atoms with Crippen molar-refractivity contribution in [3.05, 3.63) is 88.9 Å². The standard InChI is InChI=1S/C25H27ClN2O4S/c1-19-8-6-9-20(16-19)10-7-15-27-25(29)18-28(23-17-21(26)13-14-24(23)32-2)33(30,31)22-11-4-3-5-12-22/h3-6,8-9,11-14,16-17H,7,10,15,18H2,1-2H3,(H,27,29). The van der Waals surface area contributed by atoms with Crippen molar-refractivity contribution in [2.75, 3.05) is 24.5 Å². The van der Waals surface area contributed by atoms with E-state index >= 15 is 0 Å². The number of ether oxygens (including phenoxy) is 1. The number of carbonyl (C=O) groups excluding carboxylic acids is 1. The Labute approximate surface area is 200 Å². The third-order valence-corrected chi connectivity index (χ3v) is 7.08. The van der Waals surface area contributed by atoms with E-state index in [4.69, 9.17) is 16.3 Å². The first-order valence-corrected chi connectivity index (χ1v) is 12.4. The maximum Gasteiger partial charge on any atom is 0.264 e. The number of carbonyl (C=O) groups is 1. The Morgan fingerprint density at radius 2 is 1.79 bits per heavy atom. The van der Waals surface area contributed by atoms with Crippen LogP contribution in [-0.2, 0) is 21.2 Å². The average Bonchev–Trinajstić information content (AvgIpc) is 2.81. The van der Waals surface area contributed by atoms with Gasteiger partial charge in [-0.05, 0) is 55.7 Å². The minimum Gasteiger partial charge on any atom is -0.495 e. The lowest BCUT2D eigenvalue weighted by Crippen LogP contribution is -2.41. The third-order valence-electron chi connectivity index (χ3n) is 5.07. The number of benzene rings is 3. The molecule has 1 N–H and O–H groups in total. The molecule has 0 aliphatic rings. The van der Waals surface area contributed by atoms with Crippen molar-refractivity contribution < 1.29 is 17.9 Å². The van der Waals surface area contributed by atoms with E-state index in [1.54, 1.807) is 30.3 Å². The smallest absolute Gasteiger partial charge is 0.264 e. The van der Waals surface area contributed by atoms with Crippen molar-refractivity contribution in [3.8, 4) is 5.75 Å². The average molecular weight is 487 g/mol. The normalized spacial score (nSPS) is 11.1. The van der Waals surface area contributed by atoms with Crippen molar-refractivity contribution in [3.63, 3.8) is 0 Å². The van der Waals surface area contributed by atoms with Gasteiger partial charge in [0.2, 0.25) is 5.91 Å². The Morgan fingerprint density at radius 3 is 2.48 bits per heavy atom. The summed E-state index contributed by atoms with van der Waals surface area (Å²) in [6.07, 6.45) is 1.55. The van der Waals surface area contributed by atoms with Crippen LogP contribution in [0.25, 0.3) is 0 Å². The van der Waals surface area contributed by atoms with Crippen LogP contribution in [0, 0.1) is 6.92 Å². The number of anilines is 1. The quantitative estimate of drug-likeness (QED) is 0.425. The number of hydrogen-bond donors (Lipinski definition) is 1. The van der Waals surface area contributed by atoms with E-state index < -0.39 is 22.5 Å². The van der Waals surface area contributed by atoms with Crippen LogP contribution < -0.4 is 14.4 Å². The van der Waals surface area contributed by atoms with Crippen LogP contribution in [0.3, 0.4) is 0 Å². The number of nitrogens with zero attached hydrogens (tertiary/aromatic N) is 1. The van der Waals surface area contributed by atoms with Crippen molar-refractivity contribution in [1.82, 2.24) is 5.32 Å². The van der Waals surface area contributed by atoms with E-state index in [9.17, 15) is 13.2 Å². The van der Waals surface area contributed by atoms with Crippen molar-refractivity contribution >= 4 is 33.2 Å². The predicted molar refractivity (Wildman–Crippen MR) is 131 cm³/mol. The SMILES string of the molecule is COc1ccc(Cl)cc1N(CC(=O)NCCCc1cccc(C)c1)S(=O)(=O)c1ccccc1. The fourth-order valence-corrected chi connectivity index (χ4v) is 5.06. The molecule has 0 aliphatic carbocycles. The Kier molecular flexibility index (Phi) is 8.36. The number of sulfonamides is 1. The molecule has 0 aromatic heterocycles. The largest absolute Gasteiger partial charge is 0.495 e. The molecule has 0 atom stereocenters. The van der Waals surface area contributed by atoms with Crippen molar-refractivity contribution in [2.24, 2.45) is 0 Å². The van der Waals surface area contributed by atoms with E-state index in [-0.39, 0.29) is 10.6 Å². The fourth-order valence-electron chi connectivity index (χ4n) is 3.45. The van der Waals surface area contributed by atoms with Gasteiger partial charge < -0.3 is 10.1 Å². The number of hydrogen-bond acceptors (Lipinski definition) is 4. The van der Waals surface area contributed by atoms with Crippen molar-refractivity contribution in [1.29, 1.82) is 0 Å². The molecule has 3 rings (SSSR count). The van der Waals surface area contributed by atoms with Crippen LogP contribution >= 0.6 is 11.6 Å². The zero-order chi connectivity index (χ0) is 23.8. The summed E-state index contributed by atoms with van der Waals surface area (Å²) >= 11 is 6.14. The van der Waals surface area contributed by atoms with Crippen LogP contribution in [0.2, 0.25) is 5.02 Å². The van der Waals surface area contributed by atoms with Gasteiger partial charge in [0.15, 0.2) is 0 Å². The Morgan fingerprint density at radius 1 is 1.03 bits per heavy atom. The lowest BCUT2D eigenvalue weighted by atomic mass is 10.1. The van der Waals surface area contributed by atoms with Crippen LogP contribution in [0.1, 0.15) is 17.5 Å². The maximum atomic E-state index is 13.4. The van der Waals surface area contributed by atoms with Gasteiger partial charge in [-0.3, -0.25) is 9.10 Å². The Bertz CT molecular complexity index is 1200. The number of halogens is 1. The highest BCUT2D eigenvalue weighted by Crippen LogP contribution is 2.34. The van der Waals surface area contributed by atoms with Crippen LogP contribution in [-0.4, -0.2) is 34.5 Å². The predicted octanol–water partition coefficient (Wildman–Crippen LogP) is 4.60. The summed E-state index contributed by atoms with van der Waals surface area (Å²) in [7, 11) is -2.61. The lowest BCUT2D eigenvalue weighted by Gasteiger charge is -2.26. The van der Waals surface area contributed by atoms with Gasteiger partial charge >= 0.3 is 0 Å². The summed E-state index contributed by atoms with van der Waals surface area (Å²) in [6.45, 7) is 2.06. The molecule has 1 amide bonds. The topological polar surface area (TPSA) is 75.7 Å². The molecule has 0 fully saturated rings. The summed E-state index contributed by atoms with van der Waals surface area (Å²) in [5.41, 5.74) is 2.58. The molecular weight excluding hydrogens is 460 g/mol. The molecule has 8 heteroatoms. The Balaban J connectivity index is 1.77. The van der Waals surface area contributed by atoms with Gasteiger partial charge in [-0.25, -0.2) is 8.42 Å². The lowest BCUT2D eigenvalue weighted by molar-refractivity contribution is -0.119. The first-order chi connectivity index (χ1) is 15.8. The minimum atomic E-state index is -4.04. The van der Waals surface area contributed by atoms with Crippen molar-refractivity contribution in [2.45, 2.75) is 24.7 Å². The second kappa shape index (κ2) is 11.2. The van der Waals surface area contributed by atoms with Gasteiger partial charge in [0.25, 0.3) is 10.0 Å². The van der Waals surface area contributed by atoms with Gasteiger partial charge in [0.05, 0.1) is 17.7 Å². The van der Waals surface area contributed by atoms with Gasteiger partial charge in [-0.1, -0.05) is 59.6 Å². The van der Waals surface area contributed by atoms with Crippen LogP contribution in [0.15, 0.2) is 77.7 Å². The number of methoxy groups -OCH3 is 1. The third kappa shape index (κ3) is 6.49. The maximum absolute atomic E-state index is 13.4. The number of aryl methyl sites for hydroxylation is 2. The molecule has 0 radical (unpaired) electrons. The summed E-state index contributed by atoms with van der Waals surface area (Å²) < 4.78 is 33.3. The Hall–Kier alpha value is -3.03. The monoisotopic (exact) mass is 486 g/mol. The van der Waals surface area contributed by atoms with Crippen LogP contribution in [0.5, 0.6) is 5.75 Å². The summed E-state index contributed by atoms with van der Waals surface area (Å²) in [5.74, 6) is -0.119. The molecule has 174 valence electrons. The molecule has 0 unspecified atom stereocenters. The molecule has 6 nitrogen and oxygen atoms in total. The molecule has 3 aromatic rings. The number of nitrogens with one attached hydrogen (secondary N) is 1. The summed E-state index contributed by atoms with van der Waals surface area (Å²) in [6, 6.07) is 20.8. The molecule has 33 heavy (non-hydrogen) atoms. The second-order valence-corrected chi connectivity index (χ2v) is 9.88. The van der Waals surface area contributed by atoms with E-state index in [0.717, 1.165) is 17.1 Å². The van der Waals surface area contributed by atoms with E-state index in [1.807, 2.05) is 19.1 Å². The summed E-state index contributed by atoms with van der Waals surface area (Å²) in [5, 5.41) is 3.16. The van der Waals surface area contributed by atoms with E-state index in [0.29, 0.717) is 17.3 Å². The minimum absolute atomic E-state index is 0.0688. The molecule has 3 aromatic carbocycles. The van der Waals surface area contributed by atoms with Gasteiger partial charge in [-0.15, -0.1) is 0 Å². The van der Waals surface area contributed by atoms with Gasteiger partial charge in [-0.2, -0.15) is 0 Å². The first-order valence-electron chi connectivity index (χ1n) is 10.5. The number of amides is 1. The highest BCUT2D eigenvalue weighted by Gasteiger charge is 2.29.